The zero-order valence-electron chi connectivity index (χ0n) is 15.7. The number of amides is 2. The van der Waals surface area contributed by atoms with Crippen LogP contribution in [0.5, 0.6) is 0 Å². The fraction of sp³-hybridized carbons (Fsp3) is 0.391. The van der Waals surface area contributed by atoms with Crippen molar-refractivity contribution in [3.05, 3.63) is 71.8 Å². The Kier molecular flexibility index (Phi) is 4.97. The van der Waals surface area contributed by atoms with Gasteiger partial charge in [-0.1, -0.05) is 60.7 Å². The van der Waals surface area contributed by atoms with Gasteiger partial charge in [-0.2, -0.15) is 0 Å². The second kappa shape index (κ2) is 7.55. The first-order valence-electron chi connectivity index (χ1n) is 9.76. The number of hydrogen-bond acceptors (Lipinski definition) is 2. The standard InChI is InChI=1S/C23H26N2O2/c1-25(20-12-18-14-21(26)24-15-19(18)13-20)23(27)22(16-8-4-2-5-9-16)17-10-6-3-7-11-17/h2-11,18-20,22H,12-15H2,1H3,(H,24,26)/t18-,19+,20-/m1/s1. The molecule has 0 radical (unpaired) electrons. The molecule has 1 aliphatic carbocycles. The van der Waals surface area contributed by atoms with Crippen LogP contribution in [0.1, 0.15) is 36.3 Å². The van der Waals surface area contributed by atoms with E-state index in [1.807, 2.05) is 72.6 Å². The van der Waals surface area contributed by atoms with Crippen molar-refractivity contribution in [2.45, 2.75) is 31.2 Å². The predicted molar refractivity (Wildman–Crippen MR) is 105 cm³/mol. The number of piperidine rings is 1. The maximum Gasteiger partial charge on any atom is 0.234 e. The molecule has 4 nitrogen and oxygen atoms in total. The van der Waals surface area contributed by atoms with Crippen molar-refractivity contribution in [3.63, 3.8) is 0 Å². The lowest BCUT2D eigenvalue weighted by molar-refractivity contribution is -0.132. The van der Waals surface area contributed by atoms with E-state index in [0.29, 0.717) is 18.3 Å². The summed E-state index contributed by atoms with van der Waals surface area (Å²) in [6.45, 7) is 0.753. The SMILES string of the molecule is CN(C(=O)C(c1ccccc1)c1ccccc1)[C@H]1C[C@H]2CNC(=O)C[C@H]2C1. The fourth-order valence-corrected chi connectivity index (χ4v) is 4.70. The van der Waals surface area contributed by atoms with Crippen molar-refractivity contribution in [1.82, 2.24) is 10.2 Å². The van der Waals surface area contributed by atoms with Gasteiger partial charge in [0.1, 0.15) is 0 Å². The minimum Gasteiger partial charge on any atom is -0.356 e. The Bertz CT molecular complexity index is 766. The first-order valence-corrected chi connectivity index (χ1v) is 9.76. The van der Waals surface area contributed by atoms with Crippen LogP contribution in [0.25, 0.3) is 0 Å². The van der Waals surface area contributed by atoms with Gasteiger partial charge in [-0.3, -0.25) is 9.59 Å². The second-order valence-electron chi connectivity index (χ2n) is 7.86. The summed E-state index contributed by atoms with van der Waals surface area (Å²) in [5.41, 5.74) is 2.04. The smallest absolute Gasteiger partial charge is 0.234 e. The Labute approximate surface area is 160 Å². The van der Waals surface area contributed by atoms with Gasteiger partial charge >= 0.3 is 0 Å². The van der Waals surface area contributed by atoms with Crippen molar-refractivity contribution in [1.29, 1.82) is 0 Å². The molecule has 4 rings (SSSR count). The number of nitrogens with zero attached hydrogens (tertiary/aromatic N) is 1. The summed E-state index contributed by atoms with van der Waals surface area (Å²) in [6.07, 6.45) is 2.50. The molecule has 0 aromatic heterocycles. The molecule has 27 heavy (non-hydrogen) atoms. The lowest BCUT2D eigenvalue weighted by Crippen LogP contribution is -2.39. The quantitative estimate of drug-likeness (QED) is 0.908. The monoisotopic (exact) mass is 362 g/mol. The molecule has 1 saturated carbocycles. The lowest BCUT2D eigenvalue weighted by Gasteiger charge is -2.29. The first-order chi connectivity index (χ1) is 13.1. The molecule has 0 unspecified atom stereocenters. The maximum atomic E-state index is 13.5. The van der Waals surface area contributed by atoms with E-state index in [2.05, 4.69) is 5.32 Å². The summed E-state index contributed by atoms with van der Waals surface area (Å²) in [6, 6.07) is 20.2. The van der Waals surface area contributed by atoms with Gasteiger partial charge in [0.05, 0.1) is 5.92 Å². The van der Waals surface area contributed by atoms with E-state index >= 15 is 0 Å². The van der Waals surface area contributed by atoms with E-state index < -0.39 is 0 Å². The van der Waals surface area contributed by atoms with Gasteiger partial charge in [0.2, 0.25) is 11.8 Å². The average molecular weight is 362 g/mol. The van der Waals surface area contributed by atoms with E-state index in [1.165, 1.54) is 0 Å². The van der Waals surface area contributed by atoms with Crippen molar-refractivity contribution >= 4 is 11.8 Å². The second-order valence-corrected chi connectivity index (χ2v) is 7.86. The van der Waals surface area contributed by atoms with Crippen LogP contribution in [0.2, 0.25) is 0 Å². The maximum absolute atomic E-state index is 13.5. The largest absolute Gasteiger partial charge is 0.356 e. The van der Waals surface area contributed by atoms with Crippen molar-refractivity contribution in [2.75, 3.05) is 13.6 Å². The number of carbonyl (C=O) groups excluding carboxylic acids is 2. The van der Waals surface area contributed by atoms with E-state index in [4.69, 9.17) is 0 Å². The molecule has 1 saturated heterocycles. The molecular weight excluding hydrogens is 336 g/mol. The summed E-state index contributed by atoms with van der Waals surface area (Å²) in [4.78, 5) is 27.2. The van der Waals surface area contributed by atoms with Crippen LogP contribution in [0.3, 0.4) is 0 Å². The highest BCUT2D eigenvalue weighted by atomic mass is 16.2. The van der Waals surface area contributed by atoms with Crippen molar-refractivity contribution in [2.24, 2.45) is 11.8 Å². The average Bonchev–Trinajstić information content (AvgIpc) is 3.12. The van der Waals surface area contributed by atoms with E-state index in [9.17, 15) is 9.59 Å². The highest BCUT2D eigenvalue weighted by Gasteiger charge is 2.41. The Balaban J connectivity index is 1.57. The fourth-order valence-electron chi connectivity index (χ4n) is 4.70. The molecule has 3 atom stereocenters. The molecule has 0 bridgehead atoms. The van der Waals surface area contributed by atoms with Gasteiger partial charge in [0.25, 0.3) is 0 Å². The summed E-state index contributed by atoms with van der Waals surface area (Å²) < 4.78 is 0. The third-order valence-corrected chi connectivity index (χ3v) is 6.23. The molecule has 140 valence electrons. The van der Waals surface area contributed by atoms with Gasteiger partial charge in [-0.05, 0) is 35.8 Å². The van der Waals surface area contributed by atoms with Crippen LogP contribution in [0.4, 0.5) is 0 Å². The topological polar surface area (TPSA) is 49.4 Å². The zero-order valence-corrected chi connectivity index (χ0v) is 15.7. The molecule has 2 aliphatic rings. The molecule has 1 N–H and O–H groups in total. The number of fused-ring (bicyclic) bond motifs is 1. The van der Waals surface area contributed by atoms with Gasteiger partial charge in [0.15, 0.2) is 0 Å². The van der Waals surface area contributed by atoms with E-state index in [-0.39, 0.29) is 23.8 Å². The molecule has 4 heteroatoms. The highest BCUT2D eigenvalue weighted by molar-refractivity contribution is 5.87. The summed E-state index contributed by atoms with van der Waals surface area (Å²) in [5.74, 6) is 0.896. The number of hydrogen-bond donors (Lipinski definition) is 1. The number of nitrogens with one attached hydrogen (secondary N) is 1. The van der Waals surface area contributed by atoms with Gasteiger partial charge in [-0.25, -0.2) is 0 Å². The lowest BCUT2D eigenvalue weighted by atomic mass is 9.89. The van der Waals surface area contributed by atoms with E-state index in [1.54, 1.807) is 0 Å². The van der Waals surface area contributed by atoms with Crippen LogP contribution in [-0.4, -0.2) is 36.3 Å². The number of likely N-dealkylation sites (N-methyl/N-ethyl adjacent to an activating group) is 1. The Morgan fingerprint density at radius 3 is 2.11 bits per heavy atom. The minimum atomic E-state index is -0.292. The van der Waals surface area contributed by atoms with Crippen LogP contribution in [-0.2, 0) is 9.59 Å². The third kappa shape index (κ3) is 3.61. The highest BCUT2D eigenvalue weighted by Crippen LogP contribution is 2.39. The molecule has 1 aliphatic heterocycles. The molecule has 2 aromatic rings. The van der Waals surface area contributed by atoms with Crippen molar-refractivity contribution < 1.29 is 9.59 Å². The number of benzene rings is 2. The molecule has 2 fully saturated rings. The molecule has 2 amide bonds. The zero-order chi connectivity index (χ0) is 18.8. The Morgan fingerprint density at radius 2 is 1.52 bits per heavy atom. The summed E-state index contributed by atoms with van der Waals surface area (Å²) in [5, 5.41) is 2.97. The summed E-state index contributed by atoms with van der Waals surface area (Å²) in [7, 11) is 1.93. The van der Waals surface area contributed by atoms with Crippen LogP contribution < -0.4 is 5.32 Å². The molecular formula is C23H26N2O2. The Morgan fingerprint density at radius 1 is 0.963 bits per heavy atom. The Hall–Kier alpha value is -2.62. The normalized spacial score (nSPS) is 24.4. The summed E-state index contributed by atoms with van der Waals surface area (Å²) >= 11 is 0. The van der Waals surface area contributed by atoms with Crippen LogP contribution >= 0.6 is 0 Å². The number of carbonyl (C=O) groups is 2. The predicted octanol–water partition coefficient (Wildman–Crippen LogP) is 3.19. The molecule has 0 spiro atoms. The van der Waals surface area contributed by atoms with Gasteiger partial charge in [-0.15, -0.1) is 0 Å². The van der Waals surface area contributed by atoms with E-state index in [0.717, 1.165) is 30.5 Å². The van der Waals surface area contributed by atoms with Gasteiger partial charge in [0, 0.05) is 26.1 Å². The molecule has 1 heterocycles. The minimum absolute atomic E-state index is 0.135. The number of rotatable bonds is 4. The van der Waals surface area contributed by atoms with Crippen LogP contribution in [0.15, 0.2) is 60.7 Å². The van der Waals surface area contributed by atoms with Crippen LogP contribution in [0, 0.1) is 11.8 Å². The third-order valence-electron chi connectivity index (χ3n) is 6.23. The van der Waals surface area contributed by atoms with Crippen molar-refractivity contribution in [3.8, 4) is 0 Å². The first kappa shape index (κ1) is 17.8. The van der Waals surface area contributed by atoms with Gasteiger partial charge < -0.3 is 10.2 Å². The molecule has 2 aromatic carbocycles.